The van der Waals surface area contributed by atoms with E-state index >= 15 is 0 Å². The molecule has 0 aliphatic rings. The van der Waals surface area contributed by atoms with Gasteiger partial charge in [0.1, 0.15) is 0 Å². The van der Waals surface area contributed by atoms with Crippen molar-refractivity contribution in [2.75, 3.05) is 18.4 Å². The van der Waals surface area contributed by atoms with Crippen molar-refractivity contribution in [1.29, 1.82) is 0 Å². The molecule has 0 aliphatic carbocycles. The number of carbonyl (C=O) groups excluding carboxylic acids is 2. The van der Waals surface area contributed by atoms with Crippen molar-refractivity contribution in [3.63, 3.8) is 0 Å². The normalized spacial score (nSPS) is 9.67. The molecule has 0 aliphatic heterocycles. The Hall–Kier alpha value is -1.30. The number of benzene rings is 1. The number of hydrogen-bond donors (Lipinski definition) is 3. The number of amides is 2. The Morgan fingerprint density at radius 3 is 2.62 bits per heavy atom. The zero-order valence-corrected chi connectivity index (χ0v) is 13.5. The summed E-state index contributed by atoms with van der Waals surface area (Å²) in [5, 5.41) is 5.78. The van der Waals surface area contributed by atoms with E-state index in [1.54, 1.807) is 18.2 Å². The summed E-state index contributed by atoms with van der Waals surface area (Å²) < 4.78 is 0. The summed E-state index contributed by atoms with van der Waals surface area (Å²) in [4.78, 5) is 23.4. The number of halogens is 2. The van der Waals surface area contributed by atoms with Crippen LogP contribution in [0.25, 0.3) is 0 Å². The first-order chi connectivity index (χ1) is 9.58. The van der Waals surface area contributed by atoms with Crippen molar-refractivity contribution < 1.29 is 9.59 Å². The third-order valence-electron chi connectivity index (χ3n) is 2.64. The molecule has 21 heavy (non-hydrogen) atoms. The fourth-order valence-electron chi connectivity index (χ4n) is 1.60. The van der Waals surface area contributed by atoms with E-state index in [4.69, 9.17) is 17.3 Å². The Morgan fingerprint density at radius 1 is 1.33 bits per heavy atom. The second-order valence-electron chi connectivity index (χ2n) is 4.39. The van der Waals surface area contributed by atoms with Gasteiger partial charge in [0, 0.05) is 18.7 Å². The quantitative estimate of drug-likeness (QED) is 0.716. The fourth-order valence-corrected chi connectivity index (χ4v) is 1.86. The SMILES string of the molecule is CCCNC(=O)c1ccc(NC(=O)CCCN)cc1Cl.Cl. The maximum Gasteiger partial charge on any atom is 0.252 e. The van der Waals surface area contributed by atoms with Gasteiger partial charge in [-0.1, -0.05) is 18.5 Å². The highest BCUT2D eigenvalue weighted by Gasteiger charge is 2.11. The fraction of sp³-hybridized carbons (Fsp3) is 0.429. The van der Waals surface area contributed by atoms with Gasteiger partial charge in [0.25, 0.3) is 5.91 Å². The predicted molar refractivity (Wildman–Crippen MR) is 88.2 cm³/mol. The van der Waals surface area contributed by atoms with E-state index in [1.165, 1.54) is 0 Å². The standard InChI is InChI=1S/C14H20ClN3O2.ClH/c1-2-8-17-14(20)11-6-5-10(9-12(11)15)18-13(19)4-3-7-16;/h5-6,9H,2-4,7-8,16H2,1H3,(H,17,20)(H,18,19);1H. The largest absolute Gasteiger partial charge is 0.352 e. The molecule has 0 saturated carbocycles. The molecular formula is C14H21Cl2N3O2. The van der Waals surface area contributed by atoms with Gasteiger partial charge in [-0.3, -0.25) is 9.59 Å². The topological polar surface area (TPSA) is 84.2 Å². The van der Waals surface area contributed by atoms with Crippen LogP contribution in [0, 0.1) is 0 Å². The van der Waals surface area contributed by atoms with Crippen LogP contribution in [0.3, 0.4) is 0 Å². The Bertz CT molecular complexity index is 481. The number of hydrogen-bond acceptors (Lipinski definition) is 3. The van der Waals surface area contributed by atoms with Crippen LogP contribution in [0.1, 0.15) is 36.5 Å². The lowest BCUT2D eigenvalue weighted by atomic mass is 10.2. The Labute approximate surface area is 136 Å². The summed E-state index contributed by atoms with van der Waals surface area (Å²) in [7, 11) is 0. The molecule has 0 atom stereocenters. The highest BCUT2D eigenvalue weighted by atomic mass is 35.5. The zero-order chi connectivity index (χ0) is 15.0. The predicted octanol–water partition coefficient (Wildman–Crippen LogP) is 2.58. The van der Waals surface area contributed by atoms with Crippen LogP contribution in [0.4, 0.5) is 5.69 Å². The van der Waals surface area contributed by atoms with Gasteiger partial charge in [-0.05, 0) is 37.6 Å². The van der Waals surface area contributed by atoms with Gasteiger partial charge in [0.2, 0.25) is 5.91 Å². The zero-order valence-electron chi connectivity index (χ0n) is 11.9. The first-order valence-corrected chi connectivity index (χ1v) is 7.04. The third-order valence-corrected chi connectivity index (χ3v) is 2.95. The van der Waals surface area contributed by atoms with Crippen LogP contribution in [0.2, 0.25) is 5.02 Å². The lowest BCUT2D eigenvalue weighted by Gasteiger charge is -2.09. The summed E-state index contributed by atoms with van der Waals surface area (Å²) in [6, 6.07) is 4.84. The molecule has 0 heterocycles. The van der Waals surface area contributed by atoms with Crippen molar-refractivity contribution in [3.8, 4) is 0 Å². The van der Waals surface area contributed by atoms with Crippen molar-refractivity contribution in [3.05, 3.63) is 28.8 Å². The molecule has 7 heteroatoms. The van der Waals surface area contributed by atoms with E-state index in [0.717, 1.165) is 6.42 Å². The first-order valence-electron chi connectivity index (χ1n) is 6.66. The van der Waals surface area contributed by atoms with Crippen LogP contribution in [0.5, 0.6) is 0 Å². The van der Waals surface area contributed by atoms with Gasteiger partial charge in [0.05, 0.1) is 10.6 Å². The molecule has 4 N–H and O–H groups in total. The smallest absolute Gasteiger partial charge is 0.252 e. The Morgan fingerprint density at radius 2 is 2.05 bits per heavy atom. The monoisotopic (exact) mass is 333 g/mol. The van der Waals surface area contributed by atoms with Crippen molar-refractivity contribution in [1.82, 2.24) is 5.32 Å². The number of nitrogens with one attached hydrogen (secondary N) is 2. The van der Waals surface area contributed by atoms with Gasteiger partial charge in [0.15, 0.2) is 0 Å². The van der Waals surface area contributed by atoms with E-state index in [-0.39, 0.29) is 24.2 Å². The summed E-state index contributed by atoms with van der Waals surface area (Å²) >= 11 is 6.06. The van der Waals surface area contributed by atoms with E-state index in [9.17, 15) is 9.59 Å². The number of anilines is 1. The first kappa shape index (κ1) is 19.7. The Balaban J connectivity index is 0.00000400. The summed E-state index contributed by atoms with van der Waals surface area (Å²) in [5.41, 5.74) is 6.32. The summed E-state index contributed by atoms with van der Waals surface area (Å²) in [6.45, 7) is 3.05. The van der Waals surface area contributed by atoms with Gasteiger partial charge in [-0.2, -0.15) is 0 Å². The molecule has 1 rings (SSSR count). The molecule has 5 nitrogen and oxygen atoms in total. The molecule has 0 spiro atoms. The van der Waals surface area contributed by atoms with E-state index in [0.29, 0.717) is 42.2 Å². The average molecular weight is 334 g/mol. The van der Waals surface area contributed by atoms with Crippen LogP contribution < -0.4 is 16.4 Å². The molecular weight excluding hydrogens is 313 g/mol. The molecule has 1 aromatic carbocycles. The number of rotatable bonds is 7. The third kappa shape index (κ3) is 6.80. The Kier molecular flexibility index (Phi) is 9.78. The molecule has 0 radical (unpaired) electrons. The minimum absolute atomic E-state index is 0. The van der Waals surface area contributed by atoms with Crippen LogP contribution in [0.15, 0.2) is 18.2 Å². The van der Waals surface area contributed by atoms with Crippen LogP contribution in [-0.4, -0.2) is 24.9 Å². The maximum atomic E-state index is 11.8. The lowest BCUT2D eigenvalue weighted by molar-refractivity contribution is -0.116. The molecule has 118 valence electrons. The molecule has 0 aromatic heterocycles. The molecule has 0 bridgehead atoms. The molecule has 0 unspecified atom stereocenters. The second kappa shape index (κ2) is 10.4. The maximum absolute atomic E-state index is 11.8. The highest BCUT2D eigenvalue weighted by molar-refractivity contribution is 6.34. The van der Waals surface area contributed by atoms with Crippen molar-refractivity contribution in [2.24, 2.45) is 5.73 Å². The number of nitrogens with two attached hydrogens (primary N) is 1. The molecule has 0 fully saturated rings. The van der Waals surface area contributed by atoms with Gasteiger partial charge < -0.3 is 16.4 Å². The van der Waals surface area contributed by atoms with Crippen LogP contribution in [-0.2, 0) is 4.79 Å². The van der Waals surface area contributed by atoms with Gasteiger partial charge in [-0.25, -0.2) is 0 Å². The highest BCUT2D eigenvalue weighted by Crippen LogP contribution is 2.21. The van der Waals surface area contributed by atoms with Gasteiger partial charge >= 0.3 is 0 Å². The number of carbonyl (C=O) groups is 2. The van der Waals surface area contributed by atoms with E-state index in [2.05, 4.69) is 10.6 Å². The lowest BCUT2D eigenvalue weighted by Crippen LogP contribution is -2.24. The molecule has 0 saturated heterocycles. The van der Waals surface area contributed by atoms with Crippen molar-refractivity contribution in [2.45, 2.75) is 26.2 Å². The molecule has 1 aromatic rings. The van der Waals surface area contributed by atoms with Crippen molar-refractivity contribution >= 4 is 41.5 Å². The summed E-state index contributed by atoms with van der Waals surface area (Å²) in [5.74, 6) is -0.326. The summed E-state index contributed by atoms with van der Waals surface area (Å²) in [6.07, 6.45) is 1.86. The van der Waals surface area contributed by atoms with Crippen LogP contribution >= 0.6 is 24.0 Å². The van der Waals surface area contributed by atoms with Gasteiger partial charge in [-0.15, -0.1) is 12.4 Å². The van der Waals surface area contributed by atoms with E-state index in [1.807, 2.05) is 6.92 Å². The van der Waals surface area contributed by atoms with E-state index < -0.39 is 0 Å². The minimum Gasteiger partial charge on any atom is -0.352 e. The molecule has 2 amide bonds. The average Bonchev–Trinajstić information content (AvgIpc) is 2.42. The second-order valence-corrected chi connectivity index (χ2v) is 4.80. The minimum atomic E-state index is -0.210.